The lowest BCUT2D eigenvalue weighted by atomic mass is 10.3. The molecule has 0 fully saturated rings. The Bertz CT molecular complexity index is 210. The van der Waals surface area contributed by atoms with Crippen LogP contribution in [0.4, 0.5) is 0 Å². The van der Waals surface area contributed by atoms with Crippen molar-refractivity contribution in [2.45, 2.75) is 45.4 Å². The van der Waals surface area contributed by atoms with Crippen molar-refractivity contribution in [3.05, 3.63) is 0 Å². The maximum atomic E-state index is 11.4. The molecule has 0 atom stereocenters. The fraction of sp³-hybridized carbons (Fsp3) is 1.00. The highest BCUT2D eigenvalue weighted by Gasteiger charge is 2.08. The number of hydrogen-bond donors (Lipinski definition) is 1. The van der Waals surface area contributed by atoms with Gasteiger partial charge in [0.1, 0.15) is 9.84 Å². The van der Waals surface area contributed by atoms with Crippen molar-refractivity contribution >= 4 is 22.5 Å². The van der Waals surface area contributed by atoms with Gasteiger partial charge in [0.2, 0.25) is 0 Å². The van der Waals surface area contributed by atoms with Crippen molar-refractivity contribution in [1.29, 1.82) is 0 Å². The third kappa shape index (κ3) is 8.88. The van der Waals surface area contributed by atoms with Gasteiger partial charge < -0.3 is 0 Å². The summed E-state index contributed by atoms with van der Waals surface area (Å²) in [6, 6.07) is 0. The number of hydrogen-bond acceptors (Lipinski definition) is 3. The Morgan fingerprint density at radius 3 is 2.00 bits per heavy atom. The summed E-state index contributed by atoms with van der Waals surface area (Å²) in [5.74, 6) is 1.60. The molecule has 0 N–H and O–H groups in total. The first-order valence-corrected chi connectivity index (χ1v) is 7.89. The predicted molar refractivity (Wildman–Crippen MR) is 65.9 cm³/mol. The average Bonchev–Trinajstić information content (AvgIpc) is 2.13. The molecule has 0 unspecified atom stereocenters. The number of unbranched alkanes of at least 4 members (excludes halogenated alkanes) is 4. The summed E-state index contributed by atoms with van der Waals surface area (Å²) < 4.78 is 22.9. The Balaban J connectivity index is 3.52. The van der Waals surface area contributed by atoms with Gasteiger partial charge in [0, 0.05) is 0 Å². The van der Waals surface area contributed by atoms with Gasteiger partial charge in [-0.25, -0.2) is 8.42 Å². The molecule has 0 saturated carbocycles. The second-order valence-corrected chi connectivity index (χ2v) is 6.39. The van der Waals surface area contributed by atoms with Gasteiger partial charge in [-0.15, -0.1) is 0 Å². The quantitative estimate of drug-likeness (QED) is 0.495. The van der Waals surface area contributed by atoms with Crippen LogP contribution in [0.1, 0.15) is 45.4 Å². The molecule has 0 saturated heterocycles. The van der Waals surface area contributed by atoms with E-state index in [2.05, 4.69) is 19.6 Å². The largest absolute Gasteiger partial charge is 0.229 e. The highest BCUT2D eigenvalue weighted by Crippen LogP contribution is 2.05. The Morgan fingerprint density at radius 2 is 1.50 bits per heavy atom. The molecule has 86 valence electrons. The molecule has 0 amide bonds. The smallest absolute Gasteiger partial charge is 0.150 e. The van der Waals surface area contributed by atoms with Gasteiger partial charge in [0.05, 0.1) is 11.5 Å². The lowest BCUT2D eigenvalue weighted by molar-refractivity contribution is 0.586. The van der Waals surface area contributed by atoms with Crippen LogP contribution in [0.25, 0.3) is 0 Å². The van der Waals surface area contributed by atoms with Crippen LogP contribution in [-0.2, 0) is 9.84 Å². The van der Waals surface area contributed by atoms with E-state index in [-0.39, 0.29) is 0 Å². The average molecular weight is 238 g/mol. The van der Waals surface area contributed by atoms with Gasteiger partial charge in [0.25, 0.3) is 0 Å². The van der Waals surface area contributed by atoms with Gasteiger partial charge in [-0.05, 0) is 25.0 Å². The third-order valence-corrected chi connectivity index (χ3v) is 4.31. The van der Waals surface area contributed by atoms with E-state index in [9.17, 15) is 8.42 Å². The maximum Gasteiger partial charge on any atom is 0.150 e. The van der Waals surface area contributed by atoms with E-state index in [1.807, 2.05) is 0 Å². The van der Waals surface area contributed by atoms with E-state index in [0.29, 0.717) is 11.5 Å². The Labute approximate surface area is 93.8 Å². The van der Waals surface area contributed by atoms with Gasteiger partial charge in [-0.3, -0.25) is 0 Å². The van der Waals surface area contributed by atoms with Crippen LogP contribution in [0.2, 0.25) is 0 Å². The van der Waals surface area contributed by atoms with Crippen molar-refractivity contribution < 1.29 is 8.42 Å². The van der Waals surface area contributed by atoms with E-state index in [0.717, 1.165) is 44.3 Å². The summed E-state index contributed by atoms with van der Waals surface area (Å²) in [5.41, 5.74) is 0. The minimum atomic E-state index is -2.76. The predicted octanol–water partition coefficient (Wildman–Crippen LogP) is 2.69. The fourth-order valence-electron chi connectivity index (χ4n) is 1.28. The number of rotatable bonds is 9. The summed E-state index contributed by atoms with van der Waals surface area (Å²) >= 11 is 4.09. The highest BCUT2D eigenvalue weighted by atomic mass is 32.2. The second-order valence-electron chi connectivity index (χ2n) is 3.64. The first-order chi connectivity index (χ1) is 6.62. The summed E-state index contributed by atoms with van der Waals surface area (Å²) in [7, 11) is -2.76. The summed E-state index contributed by atoms with van der Waals surface area (Å²) in [4.78, 5) is 0. The van der Waals surface area contributed by atoms with Crippen LogP contribution < -0.4 is 0 Å². The molecule has 0 radical (unpaired) electrons. The summed E-state index contributed by atoms with van der Waals surface area (Å²) in [6.07, 6.45) is 5.73. The third-order valence-electron chi connectivity index (χ3n) is 2.17. The molecule has 0 aliphatic carbocycles. The van der Waals surface area contributed by atoms with E-state index in [4.69, 9.17) is 0 Å². The van der Waals surface area contributed by atoms with Crippen molar-refractivity contribution in [1.82, 2.24) is 0 Å². The van der Waals surface area contributed by atoms with Crippen molar-refractivity contribution in [2.75, 3.05) is 17.3 Å². The molecule has 4 heteroatoms. The van der Waals surface area contributed by atoms with Crippen molar-refractivity contribution in [2.24, 2.45) is 0 Å². The minimum absolute atomic E-state index is 0.366. The standard InChI is InChI=1S/C10H22O2S2/c1-2-3-6-9-14(11,12)10-7-4-5-8-13/h13H,2-10H2,1H3. The molecule has 14 heavy (non-hydrogen) atoms. The Morgan fingerprint density at radius 1 is 0.929 bits per heavy atom. The molecule has 0 aromatic heterocycles. The molecule has 0 aromatic rings. The monoisotopic (exact) mass is 238 g/mol. The zero-order valence-corrected chi connectivity index (χ0v) is 10.7. The van der Waals surface area contributed by atoms with E-state index in [1.54, 1.807) is 0 Å². The van der Waals surface area contributed by atoms with Crippen LogP contribution in [0, 0.1) is 0 Å². The second kappa shape index (κ2) is 8.60. The van der Waals surface area contributed by atoms with Crippen LogP contribution in [0.3, 0.4) is 0 Å². The van der Waals surface area contributed by atoms with Crippen LogP contribution >= 0.6 is 12.6 Å². The fourth-order valence-corrected chi connectivity index (χ4v) is 3.00. The van der Waals surface area contributed by atoms with Gasteiger partial charge >= 0.3 is 0 Å². The molecule has 0 rings (SSSR count). The zero-order valence-electron chi connectivity index (χ0n) is 9.04. The SMILES string of the molecule is CCCCCS(=O)(=O)CCCCCS. The lowest BCUT2D eigenvalue weighted by Gasteiger charge is -2.03. The normalized spacial score (nSPS) is 11.9. The van der Waals surface area contributed by atoms with E-state index >= 15 is 0 Å². The Kier molecular flexibility index (Phi) is 8.78. The molecular formula is C10H22O2S2. The highest BCUT2D eigenvalue weighted by molar-refractivity contribution is 7.91. The van der Waals surface area contributed by atoms with Crippen LogP contribution in [0.5, 0.6) is 0 Å². The summed E-state index contributed by atoms with van der Waals surface area (Å²) in [5, 5.41) is 0. The van der Waals surface area contributed by atoms with Crippen LogP contribution in [-0.4, -0.2) is 25.7 Å². The zero-order chi connectivity index (χ0) is 10.9. The number of thiol groups is 1. The van der Waals surface area contributed by atoms with Gasteiger partial charge in [0.15, 0.2) is 0 Å². The first-order valence-electron chi connectivity index (χ1n) is 5.43. The molecule has 2 nitrogen and oxygen atoms in total. The topological polar surface area (TPSA) is 34.1 Å². The first kappa shape index (κ1) is 14.3. The van der Waals surface area contributed by atoms with E-state index < -0.39 is 9.84 Å². The van der Waals surface area contributed by atoms with Crippen molar-refractivity contribution in [3.8, 4) is 0 Å². The van der Waals surface area contributed by atoms with Crippen molar-refractivity contribution in [3.63, 3.8) is 0 Å². The molecule has 0 spiro atoms. The van der Waals surface area contributed by atoms with E-state index in [1.165, 1.54) is 0 Å². The lowest BCUT2D eigenvalue weighted by Crippen LogP contribution is -2.11. The van der Waals surface area contributed by atoms with Gasteiger partial charge in [-0.1, -0.05) is 26.2 Å². The molecular weight excluding hydrogens is 216 g/mol. The Hall–Kier alpha value is 0.300. The molecule has 0 aromatic carbocycles. The molecule has 0 aliphatic rings. The molecule has 0 bridgehead atoms. The minimum Gasteiger partial charge on any atom is -0.229 e. The molecule has 0 aliphatic heterocycles. The molecule has 0 heterocycles. The number of sulfone groups is 1. The summed E-state index contributed by atoms with van der Waals surface area (Å²) in [6.45, 7) is 2.08. The maximum absolute atomic E-state index is 11.4. The van der Waals surface area contributed by atoms with Crippen LogP contribution in [0.15, 0.2) is 0 Å². The van der Waals surface area contributed by atoms with Gasteiger partial charge in [-0.2, -0.15) is 12.6 Å².